The van der Waals surface area contributed by atoms with Crippen LogP contribution < -0.4 is 0 Å². The van der Waals surface area contributed by atoms with E-state index in [1.165, 1.54) is 0 Å². The molecule has 23 heavy (non-hydrogen) atoms. The van der Waals surface area contributed by atoms with E-state index in [-0.39, 0.29) is 0 Å². The molecule has 0 N–H and O–H groups in total. The third-order valence-electron chi connectivity index (χ3n) is 2.99. The zero-order chi connectivity index (χ0) is 16.7. The molecule has 0 radical (unpaired) electrons. The van der Waals surface area contributed by atoms with E-state index >= 15 is 0 Å². The predicted molar refractivity (Wildman–Crippen MR) is 89.9 cm³/mol. The fourth-order valence-corrected chi connectivity index (χ4v) is 2.57. The first-order valence-electron chi connectivity index (χ1n) is 6.97. The van der Waals surface area contributed by atoms with Gasteiger partial charge in [-0.3, -0.25) is 0 Å². The van der Waals surface area contributed by atoms with Gasteiger partial charge < -0.3 is 0 Å². The van der Waals surface area contributed by atoms with Crippen molar-refractivity contribution < 1.29 is 13.2 Å². The molecular weight excluding hydrogens is 317 g/mol. The number of thioether (sulfide) groups is 1. The maximum absolute atomic E-state index is 13.0. The van der Waals surface area contributed by atoms with E-state index in [1.807, 2.05) is 49.4 Å². The Labute approximate surface area is 138 Å². The molecule has 0 heterocycles. The van der Waals surface area contributed by atoms with Gasteiger partial charge in [-0.1, -0.05) is 59.9 Å². The molecule has 0 amide bonds. The molecule has 0 saturated carbocycles. The average Bonchev–Trinajstić information content (AvgIpc) is 2.52. The molecule has 0 aliphatic carbocycles. The smallest absolute Gasteiger partial charge is 0.165 e. The highest BCUT2D eigenvalue weighted by Crippen LogP contribution is 2.28. The van der Waals surface area contributed by atoms with Crippen molar-refractivity contribution in [2.24, 2.45) is 0 Å². The summed E-state index contributed by atoms with van der Waals surface area (Å²) in [4.78, 5) is 0. The molecule has 0 aromatic heterocycles. The molecule has 2 aromatic carbocycles. The molecule has 0 bridgehead atoms. The van der Waals surface area contributed by atoms with Gasteiger partial charge in [0, 0.05) is 11.3 Å². The first-order chi connectivity index (χ1) is 10.9. The first kappa shape index (κ1) is 17.2. The second-order valence-corrected chi connectivity index (χ2v) is 5.80. The highest BCUT2D eigenvalue weighted by molar-refractivity contribution is 8.01. The first-order valence-corrected chi connectivity index (χ1v) is 8.01. The van der Waals surface area contributed by atoms with Crippen LogP contribution in [0.4, 0.5) is 13.2 Å². The third-order valence-corrected chi connectivity index (χ3v) is 3.89. The Morgan fingerprint density at radius 2 is 1.70 bits per heavy atom. The lowest BCUT2D eigenvalue weighted by atomic mass is 10.1. The molecular formula is C19H15F3S. The van der Waals surface area contributed by atoms with Crippen LogP contribution in [0.25, 0.3) is 0 Å². The van der Waals surface area contributed by atoms with Crippen molar-refractivity contribution in [3.63, 3.8) is 0 Å². The largest absolute Gasteiger partial charge is 0.424 e. The van der Waals surface area contributed by atoms with E-state index in [4.69, 9.17) is 0 Å². The quantitative estimate of drug-likeness (QED) is 0.647. The minimum atomic E-state index is -4.44. The van der Waals surface area contributed by atoms with Gasteiger partial charge in [0.15, 0.2) is 0 Å². The lowest BCUT2D eigenvalue weighted by Crippen LogP contribution is -2.09. The molecule has 2 rings (SSSR count). The van der Waals surface area contributed by atoms with Gasteiger partial charge in [-0.2, -0.15) is 13.2 Å². The van der Waals surface area contributed by atoms with Crippen molar-refractivity contribution in [3.05, 3.63) is 82.3 Å². The van der Waals surface area contributed by atoms with Gasteiger partial charge in [-0.25, -0.2) is 0 Å². The number of alkyl halides is 3. The fraction of sp³-hybridized carbons (Fsp3) is 0.158. The van der Waals surface area contributed by atoms with Gasteiger partial charge in [0.05, 0.1) is 0 Å². The fourth-order valence-electron chi connectivity index (χ4n) is 1.74. The maximum Gasteiger partial charge on any atom is 0.424 e. The van der Waals surface area contributed by atoms with E-state index < -0.39 is 11.7 Å². The average molecular weight is 332 g/mol. The Morgan fingerprint density at radius 3 is 2.30 bits per heavy atom. The van der Waals surface area contributed by atoms with Crippen molar-refractivity contribution in [1.29, 1.82) is 0 Å². The van der Waals surface area contributed by atoms with Gasteiger partial charge in [0.1, 0.15) is 5.57 Å². The SMILES string of the molecule is Cc1ccc(C#C/C(=C\SCc2ccccc2)C(F)(F)F)cc1. The van der Waals surface area contributed by atoms with Crippen LogP contribution in [0.5, 0.6) is 0 Å². The number of benzene rings is 2. The van der Waals surface area contributed by atoms with Crippen LogP contribution in [0.15, 0.2) is 65.6 Å². The third kappa shape index (κ3) is 5.88. The van der Waals surface area contributed by atoms with Crippen LogP contribution in [0.1, 0.15) is 16.7 Å². The molecule has 0 spiro atoms. The van der Waals surface area contributed by atoms with Crippen molar-refractivity contribution in [1.82, 2.24) is 0 Å². The molecule has 118 valence electrons. The topological polar surface area (TPSA) is 0 Å². The summed E-state index contributed by atoms with van der Waals surface area (Å²) in [6.07, 6.45) is -4.44. The Kier molecular flexibility index (Phi) is 5.95. The lowest BCUT2D eigenvalue weighted by molar-refractivity contribution is -0.0869. The van der Waals surface area contributed by atoms with Crippen LogP contribution in [0.3, 0.4) is 0 Å². The number of allylic oxidation sites excluding steroid dienone is 1. The molecule has 0 saturated heterocycles. The van der Waals surface area contributed by atoms with Crippen LogP contribution in [-0.4, -0.2) is 6.18 Å². The second-order valence-electron chi connectivity index (χ2n) is 4.94. The van der Waals surface area contributed by atoms with Crippen LogP contribution >= 0.6 is 11.8 Å². The van der Waals surface area contributed by atoms with Gasteiger partial charge in [-0.05, 0) is 30.0 Å². The zero-order valence-corrected chi connectivity index (χ0v) is 13.3. The molecule has 0 unspecified atom stereocenters. The van der Waals surface area contributed by atoms with Gasteiger partial charge in [-0.15, -0.1) is 11.8 Å². The number of halogens is 3. The summed E-state index contributed by atoms with van der Waals surface area (Å²) in [5.74, 6) is 5.30. The van der Waals surface area contributed by atoms with Gasteiger partial charge in [0.25, 0.3) is 0 Å². The second kappa shape index (κ2) is 7.94. The highest BCUT2D eigenvalue weighted by Gasteiger charge is 2.32. The molecule has 2 aromatic rings. The molecule has 0 fully saturated rings. The summed E-state index contributed by atoms with van der Waals surface area (Å²) in [6, 6.07) is 16.4. The van der Waals surface area contributed by atoms with E-state index in [0.29, 0.717) is 11.3 Å². The van der Waals surface area contributed by atoms with E-state index in [0.717, 1.165) is 28.3 Å². The van der Waals surface area contributed by atoms with Crippen LogP contribution in [0.2, 0.25) is 0 Å². The van der Waals surface area contributed by atoms with E-state index in [2.05, 4.69) is 11.8 Å². The minimum Gasteiger partial charge on any atom is -0.165 e. The molecule has 4 heteroatoms. The predicted octanol–water partition coefficient (Wildman–Crippen LogP) is 5.73. The minimum absolute atomic E-state index is 0.479. The van der Waals surface area contributed by atoms with Crippen LogP contribution in [0, 0.1) is 18.8 Å². The maximum atomic E-state index is 13.0. The van der Waals surface area contributed by atoms with Crippen molar-refractivity contribution in [2.75, 3.05) is 0 Å². The van der Waals surface area contributed by atoms with Crippen molar-refractivity contribution >= 4 is 11.8 Å². The monoisotopic (exact) mass is 332 g/mol. The van der Waals surface area contributed by atoms with E-state index in [1.54, 1.807) is 12.1 Å². The molecule has 0 aliphatic heterocycles. The lowest BCUT2D eigenvalue weighted by Gasteiger charge is -2.05. The number of aryl methyl sites for hydroxylation is 1. The summed E-state index contributed by atoms with van der Waals surface area (Å²) in [5.41, 5.74) is 1.76. The summed E-state index contributed by atoms with van der Waals surface area (Å²) in [6.45, 7) is 1.92. The zero-order valence-electron chi connectivity index (χ0n) is 12.5. The molecule has 0 atom stereocenters. The summed E-state index contributed by atoms with van der Waals surface area (Å²) < 4.78 is 39.1. The highest BCUT2D eigenvalue weighted by atomic mass is 32.2. The van der Waals surface area contributed by atoms with Crippen molar-refractivity contribution in [3.8, 4) is 11.8 Å². The number of rotatable bonds is 3. The molecule has 0 nitrogen and oxygen atoms in total. The number of hydrogen-bond donors (Lipinski definition) is 0. The van der Waals surface area contributed by atoms with Gasteiger partial charge in [0.2, 0.25) is 0 Å². The summed E-state index contributed by atoms with van der Waals surface area (Å²) >= 11 is 1.09. The van der Waals surface area contributed by atoms with Crippen molar-refractivity contribution in [2.45, 2.75) is 18.9 Å². The van der Waals surface area contributed by atoms with E-state index in [9.17, 15) is 13.2 Å². The summed E-state index contributed by atoms with van der Waals surface area (Å²) in [5, 5.41) is 1.09. The standard InChI is InChI=1S/C19H15F3S/c1-15-7-9-16(10-8-15)11-12-18(19(20,21)22)14-23-13-17-5-3-2-4-6-17/h2-10,14H,13H2,1H3/b18-14+. The Balaban J connectivity index is 2.11. The Bertz CT molecular complexity index is 717. The summed E-state index contributed by atoms with van der Waals surface area (Å²) in [7, 11) is 0. The van der Waals surface area contributed by atoms with Crippen LogP contribution in [-0.2, 0) is 5.75 Å². The van der Waals surface area contributed by atoms with Gasteiger partial charge >= 0.3 is 6.18 Å². The Hall–Kier alpha value is -2.12. The normalized spacial score (nSPS) is 11.7. The number of hydrogen-bond acceptors (Lipinski definition) is 1. The molecule has 0 aliphatic rings. The Morgan fingerprint density at radius 1 is 1.04 bits per heavy atom.